The van der Waals surface area contributed by atoms with Gasteiger partial charge in [-0.25, -0.2) is 4.39 Å². The van der Waals surface area contributed by atoms with Gasteiger partial charge in [-0.3, -0.25) is 0 Å². The van der Waals surface area contributed by atoms with Gasteiger partial charge in [0.05, 0.1) is 12.8 Å². The third-order valence-electron chi connectivity index (χ3n) is 3.29. The second-order valence-corrected chi connectivity index (χ2v) is 4.60. The minimum atomic E-state index is -0.249. The molecule has 0 aliphatic heterocycles. The van der Waals surface area contributed by atoms with Crippen LogP contribution in [0.15, 0.2) is 18.2 Å². The van der Waals surface area contributed by atoms with Gasteiger partial charge in [0.2, 0.25) is 0 Å². The van der Waals surface area contributed by atoms with Gasteiger partial charge in [-0.05, 0) is 37.8 Å². The van der Waals surface area contributed by atoms with E-state index in [-0.39, 0.29) is 5.82 Å². The van der Waals surface area contributed by atoms with Gasteiger partial charge in [0, 0.05) is 18.2 Å². The van der Waals surface area contributed by atoms with Crippen LogP contribution in [0.5, 0.6) is 5.75 Å². The zero-order valence-corrected chi connectivity index (χ0v) is 10.1. The van der Waals surface area contributed by atoms with E-state index in [0.29, 0.717) is 17.8 Å². The highest BCUT2D eigenvalue weighted by Crippen LogP contribution is 2.28. The number of benzene rings is 1. The summed E-state index contributed by atoms with van der Waals surface area (Å²) in [5, 5.41) is 3.34. The van der Waals surface area contributed by atoms with Gasteiger partial charge in [-0.1, -0.05) is 0 Å². The van der Waals surface area contributed by atoms with E-state index in [0.717, 1.165) is 31.4 Å². The largest absolute Gasteiger partial charge is 0.495 e. The molecule has 4 heteroatoms. The summed E-state index contributed by atoms with van der Waals surface area (Å²) < 4.78 is 18.4. The molecule has 0 unspecified atom stereocenters. The summed E-state index contributed by atoms with van der Waals surface area (Å²) in [5.41, 5.74) is 6.59. The molecule has 1 aromatic rings. The highest BCUT2D eigenvalue weighted by molar-refractivity contribution is 5.57. The first-order valence-electron chi connectivity index (χ1n) is 6.04. The Kier molecular flexibility index (Phi) is 3.84. The fraction of sp³-hybridized carbons (Fsp3) is 0.538. The fourth-order valence-corrected chi connectivity index (χ4v) is 2.28. The van der Waals surface area contributed by atoms with Crippen molar-refractivity contribution in [2.45, 2.75) is 37.8 Å². The summed E-state index contributed by atoms with van der Waals surface area (Å²) in [7, 11) is 1.59. The monoisotopic (exact) mass is 238 g/mol. The Balaban J connectivity index is 2.04. The first-order chi connectivity index (χ1) is 8.19. The Bertz CT molecular complexity index is 376. The average molecular weight is 238 g/mol. The van der Waals surface area contributed by atoms with Crippen LogP contribution in [0.1, 0.15) is 25.7 Å². The summed E-state index contributed by atoms with van der Waals surface area (Å²) in [4.78, 5) is 0. The number of hydrogen-bond donors (Lipinski definition) is 2. The molecule has 1 aromatic carbocycles. The van der Waals surface area contributed by atoms with Gasteiger partial charge in [0.15, 0.2) is 0 Å². The van der Waals surface area contributed by atoms with Gasteiger partial charge in [0.25, 0.3) is 0 Å². The predicted molar refractivity (Wildman–Crippen MR) is 66.8 cm³/mol. The lowest BCUT2D eigenvalue weighted by atomic mass is 9.91. The van der Waals surface area contributed by atoms with Gasteiger partial charge in [0.1, 0.15) is 11.6 Å². The average Bonchev–Trinajstić information content (AvgIpc) is 2.32. The summed E-state index contributed by atoms with van der Waals surface area (Å²) in [6.45, 7) is 0. The third-order valence-corrected chi connectivity index (χ3v) is 3.29. The lowest BCUT2D eigenvalue weighted by molar-refractivity contribution is 0.401. The van der Waals surface area contributed by atoms with E-state index in [2.05, 4.69) is 5.32 Å². The summed E-state index contributed by atoms with van der Waals surface area (Å²) in [6.07, 6.45) is 4.10. The molecule has 0 saturated heterocycles. The molecule has 2 rings (SSSR count). The van der Waals surface area contributed by atoms with Gasteiger partial charge >= 0.3 is 0 Å². The van der Waals surface area contributed by atoms with E-state index in [9.17, 15) is 4.39 Å². The van der Waals surface area contributed by atoms with Crippen molar-refractivity contribution >= 4 is 5.69 Å². The highest BCUT2D eigenvalue weighted by Gasteiger charge is 2.19. The van der Waals surface area contributed by atoms with Gasteiger partial charge in [-0.2, -0.15) is 0 Å². The second-order valence-electron chi connectivity index (χ2n) is 4.60. The number of methoxy groups -OCH3 is 1. The number of nitrogens with two attached hydrogens (primary N) is 1. The van der Waals surface area contributed by atoms with Crippen molar-refractivity contribution in [2.75, 3.05) is 12.4 Å². The molecule has 0 bridgehead atoms. The summed E-state index contributed by atoms with van der Waals surface area (Å²) >= 11 is 0. The molecule has 3 nitrogen and oxygen atoms in total. The van der Waals surface area contributed by atoms with Crippen molar-refractivity contribution in [1.82, 2.24) is 0 Å². The summed E-state index contributed by atoms with van der Waals surface area (Å²) in [6, 6.07) is 5.22. The molecule has 1 saturated carbocycles. The van der Waals surface area contributed by atoms with Crippen molar-refractivity contribution in [1.29, 1.82) is 0 Å². The van der Waals surface area contributed by atoms with E-state index < -0.39 is 0 Å². The van der Waals surface area contributed by atoms with Crippen LogP contribution in [-0.2, 0) is 0 Å². The van der Waals surface area contributed by atoms with Crippen molar-refractivity contribution in [3.05, 3.63) is 24.0 Å². The Morgan fingerprint density at radius 2 is 2.00 bits per heavy atom. The Hall–Kier alpha value is -1.29. The maximum Gasteiger partial charge on any atom is 0.142 e. The number of ether oxygens (including phenoxy) is 1. The molecule has 0 heterocycles. The Labute approximate surface area is 101 Å². The molecule has 0 radical (unpaired) electrons. The number of rotatable bonds is 3. The van der Waals surface area contributed by atoms with Crippen molar-refractivity contribution in [3.8, 4) is 5.75 Å². The van der Waals surface area contributed by atoms with E-state index in [1.54, 1.807) is 13.2 Å². The number of nitrogens with one attached hydrogen (secondary N) is 1. The summed E-state index contributed by atoms with van der Waals surface area (Å²) in [5.74, 6) is 0.432. The molecule has 1 aliphatic carbocycles. The zero-order chi connectivity index (χ0) is 12.3. The van der Waals surface area contributed by atoms with Crippen LogP contribution in [0.25, 0.3) is 0 Å². The number of hydrogen-bond acceptors (Lipinski definition) is 3. The van der Waals surface area contributed by atoms with Crippen LogP contribution in [0, 0.1) is 5.82 Å². The van der Waals surface area contributed by atoms with Crippen molar-refractivity contribution in [3.63, 3.8) is 0 Å². The molecule has 94 valence electrons. The maximum atomic E-state index is 13.2. The van der Waals surface area contributed by atoms with Crippen molar-refractivity contribution in [2.24, 2.45) is 5.73 Å². The zero-order valence-electron chi connectivity index (χ0n) is 10.1. The molecule has 1 aliphatic rings. The normalized spacial score (nSPS) is 24.4. The van der Waals surface area contributed by atoms with Gasteiger partial charge < -0.3 is 15.8 Å². The maximum absolute atomic E-state index is 13.2. The quantitative estimate of drug-likeness (QED) is 0.850. The molecule has 0 atom stereocenters. The molecule has 1 fully saturated rings. The molecule has 0 amide bonds. The minimum Gasteiger partial charge on any atom is -0.495 e. The lowest BCUT2D eigenvalue weighted by Gasteiger charge is -2.28. The molecule has 3 N–H and O–H groups in total. The third kappa shape index (κ3) is 3.09. The van der Waals surface area contributed by atoms with Crippen LogP contribution < -0.4 is 15.8 Å². The molecular weight excluding hydrogens is 219 g/mol. The minimum absolute atomic E-state index is 0.249. The smallest absolute Gasteiger partial charge is 0.142 e. The number of halogens is 1. The van der Waals surface area contributed by atoms with E-state index in [1.807, 2.05) is 0 Å². The van der Waals surface area contributed by atoms with Crippen LogP contribution >= 0.6 is 0 Å². The first-order valence-corrected chi connectivity index (χ1v) is 6.04. The highest BCUT2D eigenvalue weighted by atomic mass is 19.1. The van der Waals surface area contributed by atoms with Gasteiger partial charge in [-0.15, -0.1) is 0 Å². The predicted octanol–water partition coefficient (Wildman–Crippen LogP) is 2.52. The lowest BCUT2D eigenvalue weighted by Crippen LogP contribution is -2.32. The van der Waals surface area contributed by atoms with Crippen molar-refractivity contribution < 1.29 is 9.13 Å². The van der Waals surface area contributed by atoms with Crippen LogP contribution in [0.2, 0.25) is 0 Å². The Morgan fingerprint density at radius 3 is 2.65 bits per heavy atom. The standard InChI is InChI=1S/C13H19FN2O/c1-17-13-7-2-9(14)8-12(13)16-11-5-3-10(15)4-6-11/h2,7-8,10-11,16H,3-6,15H2,1H3. The van der Waals surface area contributed by atoms with E-state index >= 15 is 0 Å². The van der Waals surface area contributed by atoms with Crippen LogP contribution in [0.3, 0.4) is 0 Å². The van der Waals surface area contributed by atoms with Crippen LogP contribution in [0.4, 0.5) is 10.1 Å². The molecule has 17 heavy (non-hydrogen) atoms. The number of anilines is 1. The van der Waals surface area contributed by atoms with E-state index in [4.69, 9.17) is 10.5 Å². The second kappa shape index (κ2) is 5.36. The molecular formula is C13H19FN2O. The Morgan fingerprint density at radius 1 is 1.29 bits per heavy atom. The SMILES string of the molecule is COc1ccc(F)cc1NC1CCC(N)CC1. The molecule has 0 aromatic heterocycles. The van der Waals surface area contributed by atoms with Crippen LogP contribution in [-0.4, -0.2) is 19.2 Å². The fourth-order valence-electron chi connectivity index (χ4n) is 2.28. The van der Waals surface area contributed by atoms with E-state index in [1.165, 1.54) is 12.1 Å². The first kappa shape index (κ1) is 12.2. The topological polar surface area (TPSA) is 47.3 Å². The molecule has 0 spiro atoms.